The Labute approximate surface area is 124 Å². The van der Waals surface area contributed by atoms with Crippen LogP contribution < -0.4 is 0 Å². The topological polar surface area (TPSA) is 30.2 Å². The predicted molar refractivity (Wildman–Crippen MR) is 78.3 cm³/mol. The molecule has 19 heavy (non-hydrogen) atoms. The average molecular weight is 310 g/mol. The van der Waals surface area contributed by atoms with E-state index in [2.05, 4.69) is 9.97 Å². The first-order valence-corrected chi connectivity index (χ1v) is 7.14. The molecule has 3 aromatic rings. The molecule has 6 heteroatoms. The van der Waals surface area contributed by atoms with Crippen LogP contribution >= 0.6 is 35.0 Å². The zero-order valence-electron chi connectivity index (χ0n) is 9.97. The van der Waals surface area contributed by atoms with E-state index in [1.54, 1.807) is 18.5 Å². The minimum Gasteiger partial charge on any atom is -0.287 e. The molecule has 0 aliphatic carbocycles. The molecule has 0 atom stereocenters. The van der Waals surface area contributed by atoms with Crippen LogP contribution in [0.15, 0.2) is 46.6 Å². The van der Waals surface area contributed by atoms with E-state index in [-0.39, 0.29) is 0 Å². The summed E-state index contributed by atoms with van der Waals surface area (Å²) >= 11 is 13.7. The first-order chi connectivity index (χ1) is 9.16. The molecule has 0 aliphatic heterocycles. The van der Waals surface area contributed by atoms with Gasteiger partial charge in [-0.25, -0.2) is 9.97 Å². The summed E-state index contributed by atoms with van der Waals surface area (Å²) < 4.78 is 1.95. The van der Waals surface area contributed by atoms with E-state index in [9.17, 15) is 0 Å². The molecule has 3 nitrogen and oxygen atoms in total. The first-order valence-electron chi connectivity index (χ1n) is 5.57. The molecule has 1 aromatic carbocycles. The number of imidazole rings is 1. The third-order valence-corrected chi connectivity index (χ3v) is 4.71. The van der Waals surface area contributed by atoms with Gasteiger partial charge in [-0.3, -0.25) is 4.40 Å². The number of aryl methyl sites for hydroxylation is 1. The molecule has 0 saturated carbocycles. The standard InChI is InChI=1S/C13H9Cl2N3S/c1-8-17-7-11(13-16-5-6-18(8)13)19-10-4-2-3-9(14)12(10)15/h2-7H,1H3. The van der Waals surface area contributed by atoms with Gasteiger partial charge in [0.1, 0.15) is 5.82 Å². The van der Waals surface area contributed by atoms with E-state index in [1.165, 1.54) is 11.8 Å². The normalized spacial score (nSPS) is 11.1. The lowest BCUT2D eigenvalue weighted by Gasteiger charge is -2.07. The summed E-state index contributed by atoms with van der Waals surface area (Å²) in [5.74, 6) is 0.897. The molecule has 96 valence electrons. The van der Waals surface area contributed by atoms with Gasteiger partial charge in [-0.1, -0.05) is 41.0 Å². The third-order valence-electron chi connectivity index (χ3n) is 2.71. The van der Waals surface area contributed by atoms with Crippen LogP contribution in [0.25, 0.3) is 5.65 Å². The van der Waals surface area contributed by atoms with Crippen LogP contribution in [0.4, 0.5) is 0 Å². The maximum atomic E-state index is 6.20. The zero-order valence-corrected chi connectivity index (χ0v) is 12.3. The van der Waals surface area contributed by atoms with Gasteiger partial charge in [-0.2, -0.15) is 0 Å². The van der Waals surface area contributed by atoms with Crippen molar-refractivity contribution in [2.75, 3.05) is 0 Å². The Morgan fingerprint density at radius 3 is 2.84 bits per heavy atom. The minimum atomic E-state index is 0.547. The molecule has 0 spiro atoms. The van der Waals surface area contributed by atoms with Crippen LogP contribution in [0, 0.1) is 6.92 Å². The second-order valence-corrected chi connectivity index (χ2v) is 5.81. The highest BCUT2D eigenvalue weighted by atomic mass is 35.5. The molecular weight excluding hydrogens is 301 g/mol. The van der Waals surface area contributed by atoms with Gasteiger partial charge in [0, 0.05) is 23.5 Å². The molecule has 2 heterocycles. The fourth-order valence-corrected chi connectivity index (χ4v) is 3.18. The van der Waals surface area contributed by atoms with Gasteiger partial charge in [0.15, 0.2) is 5.65 Å². The lowest BCUT2D eigenvalue weighted by Crippen LogP contribution is -1.95. The minimum absolute atomic E-state index is 0.547. The molecule has 0 unspecified atom stereocenters. The Morgan fingerprint density at radius 2 is 2.00 bits per heavy atom. The number of nitrogens with zero attached hydrogens (tertiary/aromatic N) is 3. The van der Waals surface area contributed by atoms with Crippen LogP contribution in [-0.4, -0.2) is 14.4 Å². The molecule has 0 fully saturated rings. The van der Waals surface area contributed by atoms with Crippen LogP contribution in [0.5, 0.6) is 0 Å². The van der Waals surface area contributed by atoms with Crippen molar-refractivity contribution in [1.82, 2.24) is 14.4 Å². The van der Waals surface area contributed by atoms with Crippen LogP contribution in [0.1, 0.15) is 5.82 Å². The van der Waals surface area contributed by atoms with Crippen molar-refractivity contribution in [3.63, 3.8) is 0 Å². The summed E-state index contributed by atoms with van der Waals surface area (Å²) in [7, 11) is 0. The number of halogens is 2. The van der Waals surface area contributed by atoms with Gasteiger partial charge in [0.25, 0.3) is 0 Å². The Balaban J connectivity index is 2.09. The first kappa shape index (κ1) is 12.8. The van der Waals surface area contributed by atoms with Crippen molar-refractivity contribution in [3.05, 3.63) is 52.7 Å². The van der Waals surface area contributed by atoms with Gasteiger partial charge >= 0.3 is 0 Å². The summed E-state index contributed by atoms with van der Waals surface area (Å²) in [5.41, 5.74) is 0.869. The largest absolute Gasteiger partial charge is 0.287 e. The molecular formula is C13H9Cl2N3S. The Morgan fingerprint density at radius 1 is 1.16 bits per heavy atom. The van der Waals surface area contributed by atoms with Crippen molar-refractivity contribution in [2.45, 2.75) is 16.7 Å². The maximum Gasteiger partial charge on any atom is 0.153 e. The molecule has 0 radical (unpaired) electrons. The number of rotatable bonds is 2. The summed E-state index contributed by atoms with van der Waals surface area (Å²) in [5, 5.41) is 1.10. The van der Waals surface area contributed by atoms with E-state index >= 15 is 0 Å². The summed E-state index contributed by atoms with van der Waals surface area (Å²) in [6.45, 7) is 1.94. The van der Waals surface area contributed by atoms with E-state index in [1.807, 2.05) is 29.7 Å². The average Bonchev–Trinajstić information content (AvgIpc) is 2.88. The summed E-state index contributed by atoms with van der Waals surface area (Å²) in [6, 6.07) is 5.57. The van der Waals surface area contributed by atoms with E-state index in [0.29, 0.717) is 10.0 Å². The smallest absolute Gasteiger partial charge is 0.153 e. The Hall–Kier alpha value is -1.23. The molecule has 0 N–H and O–H groups in total. The Bertz CT molecular complexity index is 755. The van der Waals surface area contributed by atoms with Crippen LogP contribution in [0.3, 0.4) is 0 Å². The number of fused-ring (bicyclic) bond motifs is 1. The fraction of sp³-hybridized carbons (Fsp3) is 0.0769. The van der Waals surface area contributed by atoms with Crippen LogP contribution in [0.2, 0.25) is 10.0 Å². The third kappa shape index (κ3) is 2.31. The van der Waals surface area contributed by atoms with Gasteiger partial charge in [0.05, 0.1) is 14.9 Å². The van der Waals surface area contributed by atoms with Gasteiger partial charge in [-0.05, 0) is 19.1 Å². The van der Waals surface area contributed by atoms with E-state index < -0.39 is 0 Å². The summed E-state index contributed by atoms with van der Waals surface area (Å²) in [6.07, 6.45) is 5.45. The second kappa shape index (κ2) is 5.04. The molecule has 3 rings (SSSR count). The SMILES string of the molecule is Cc1ncc(Sc2cccc(Cl)c2Cl)c2nccn12. The highest BCUT2D eigenvalue weighted by molar-refractivity contribution is 7.99. The molecule has 0 bridgehead atoms. The van der Waals surface area contributed by atoms with Crippen molar-refractivity contribution in [2.24, 2.45) is 0 Å². The lowest BCUT2D eigenvalue weighted by molar-refractivity contribution is 0.959. The van der Waals surface area contributed by atoms with E-state index in [0.717, 1.165) is 21.3 Å². The molecule has 0 amide bonds. The van der Waals surface area contributed by atoms with Crippen LogP contribution in [-0.2, 0) is 0 Å². The second-order valence-electron chi connectivity index (χ2n) is 3.94. The van der Waals surface area contributed by atoms with Gasteiger partial charge in [0.2, 0.25) is 0 Å². The molecule has 0 saturated heterocycles. The quantitative estimate of drug-likeness (QED) is 0.698. The van der Waals surface area contributed by atoms with Gasteiger partial charge < -0.3 is 0 Å². The number of aromatic nitrogens is 3. The highest BCUT2D eigenvalue weighted by Crippen LogP contribution is 2.38. The van der Waals surface area contributed by atoms with E-state index in [4.69, 9.17) is 23.2 Å². The monoisotopic (exact) mass is 309 g/mol. The maximum absolute atomic E-state index is 6.20. The number of hydrogen-bond donors (Lipinski definition) is 0. The van der Waals surface area contributed by atoms with Crippen molar-refractivity contribution in [1.29, 1.82) is 0 Å². The molecule has 2 aromatic heterocycles. The van der Waals surface area contributed by atoms with Gasteiger partial charge in [-0.15, -0.1) is 0 Å². The zero-order chi connectivity index (χ0) is 13.4. The Kier molecular flexibility index (Phi) is 3.39. The van der Waals surface area contributed by atoms with Crippen molar-refractivity contribution >= 4 is 40.6 Å². The lowest BCUT2D eigenvalue weighted by atomic mass is 10.4. The number of hydrogen-bond acceptors (Lipinski definition) is 3. The van der Waals surface area contributed by atoms with Crippen molar-refractivity contribution < 1.29 is 0 Å². The highest BCUT2D eigenvalue weighted by Gasteiger charge is 2.11. The predicted octanol–water partition coefficient (Wildman–Crippen LogP) is 4.50. The summed E-state index contributed by atoms with van der Waals surface area (Å²) in [4.78, 5) is 10.5. The molecule has 0 aliphatic rings. The number of benzene rings is 1. The van der Waals surface area contributed by atoms with Crippen molar-refractivity contribution in [3.8, 4) is 0 Å². The fourth-order valence-electron chi connectivity index (χ4n) is 1.77.